The van der Waals surface area contributed by atoms with E-state index in [9.17, 15) is 4.79 Å². The number of rotatable bonds is 6. The van der Waals surface area contributed by atoms with Crippen LogP contribution in [0.1, 0.15) is 18.4 Å². The van der Waals surface area contributed by atoms with Crippen LogP contribution in [-0.2, 0) is 11.2 Å². The van der Waals surface area contributed by atoms with Crippen molar-refractivity contribution in [1.29, 1.82) is 0 Å². The number of nitrogens with two attached hydrogens (primary N) is 1. The van der Waals surface area contributed by atoms with E-state index in [2.05, 4.69) is 12.1 Å². The lowest BCUT2D eigenvalue weighted by molar-refractivity contribution is -0.129. The molecule has 0 aromatic heterocycles. The maximum atomic E-state index is 11.4. The Morgan fingerprint density at radius 3 is 2.62 bits per heavy atom. The van der Waals surface area contributed by atoms with Crippen LogP contribution in [0.15, 0.2) is 30.3 Å². The van der Waals surface area contributed by atoms with Gasteiger partial charge in [-0.25, -0.2) is 0 Å². The van der Waals surface area contributed by atoms with E-state index >= 15 is 0 Å². The third kappa shape index (κ3) is 4.45. The molecule has 3 nitrogen and oxygen atoms in total. The first-order valence-corrected chi connectivity index (χ1v) is 5.72. The van der Waals surface area contributed by atoms with E-state index in [4.69, 9.17) is 5.73 Å². The number of amides is 1. The number of aryl methyl sites for hydroxylation is 1. The lowest BCUT2D eigenvalue weighted by atomic mass is 10.1. The number of hydrogen-bond donors (Lipinski definition) is 1. The molecule has 16 heavy (non-hydrogen) atoms. The summed E-state index contributed by atoms with van der Waals surface area (Å²) in [6, 6.07) is 10.3. The van der Waals surface area contributed by atoms with Gasteiger partial charge < -0.3 is 10.6 Å². The lowest BCUT2D eigenvalue weighted by Crippen LogP contribution is -2.29. The van der Waals surface area contributed by atoms with Crippen LogP contribution >= 0.6 is 0 Å². The molecule has 88 valence electrons. The molecule has 0 aliphatic rings. The van der Waals surface area contributed by atoms with Crippen molar-refractivity contribution in [1.82, 2.24) is 4.90 Å². The molecular weight excluding hydrogens is 200 g/mol. The zero-order chi connectivity index (χ0) is 11.8. The fraction of sp³-hybridized carbons (Fsp3) is 0.462. The molecule has 2 N–H and O–H groups in total. The molecule has 1 amide bonds. The van der Waals surface area contributed by atoms with Gasteiger partial charge in [-0.3, -0.25) is 4.79 Å². The summed E-state index contributed by atoms with van der Waals surface area (Å²) < 4.78 is 0. The maximum Gasteiger partial charge on any atom is 0.223 e. The Balaban J connectivity index is 2.23. The van der Waals surface area contributed by atoms with Gasteiger partial charge in [-0.15, -0.1) is 0 Å². The van der Waals surface area contributed by atoms with Crippen molar-refractivity contribution < 1.29 is 4.79 Å². The average Bonchev–Trinajstić information content (AvgIpc) is 2.30. The Bertz CT molecular complexity index is 311. The Hall–Kier alpha value is -1.35. The third-order valence-electron chi connectivity index (χ3n) is 2.59. The van der Waals surface area contributed by atoms with Gasteiger partial charge in [0.1, 0.15) is 0 Å². The van der Waals surface area contributed by atoms with E-state index in [1.165, 1.54) is 5.56 Å². The summed E-state index contributed by atoms with van der Waals surface area (Å²) in [4.78, 5) is 13.2. The van der Waals surface area contributed by atoms with E-state index in [0.29, 0.717) is 13.0 Å². The summed E-state index contributed by atoms with van der Waals surface area (Å²) in [6.45, 7) is 1.23. The molecule has 0 saturated carbocycles. The highest BCUT2D eigenvalue weighted by atomic mass is 16.2. The zero-order valence-corrected chi connectivity index (χ0v) is 9.86. The van der Waals surface area contributed by atoms with Crippen LogP contribution in [0.2, 0.25) is 0 Å². The first-order valence-electron chi connectivity index (χ1n) is 5.72. The van der Waals surface area contributed by atoms with E-state index in [-0.39, 0.29) is 5.91 Å². The Kier molecular flexibility index (Phi) is 5.57. The summed E-state index contributed by atoms with van der Waals surface area (Å²) in [6.07, 6.45) is 2.46. The van der Waals surface area contributed by atoms with Crippen molar-refractivity contribution >= 4 is 5.91 Å². The molecular formula is C13H20N2O. The van der Waals surface area contributed by atoms with Crippen LogP contribution in [0, 0.1) is 0 Å². The molecule has 1 aromatic carbocycles. The standard InChI is InChI=1S/C13H20N2O/c1-15(13(16)9-10-14)11-5-8-12-6-3-2-4-7-12/h2-4,6-7H,5,8-11,14H2,1H3. The average molecular weight is 220 g/mol. The summed E-state index contributed by atoms with van der Waals surface area (Å²) in [5.41, 5.74) is 6.66. The van der Waals surface area contributed by atoms with E-state index in [1.807, 2.05) is 25.2 Å². The minimum Gasteiger partial charge on any atom is -0.346 e. The molecule has 0 unspecified atom stereocenters. The fourth-order valence-electron chi connectivity index (χ4n) is 1.60. The molecule has 0 aliphatic carbocycles. The van der Waals surface area contributed by atoms with E-state index < -0.39 is 0 Å². The zero-order valence-electron chi connectivity index (χ0n) is 9.86. The van der Waals surface area contributed by atoms with Gasteiger partial charge >= 0.3 is 0 Å². The number of nitrogens with zero attached hydrogens (tertiary/aromatic N) is 1. The van der Waals surface area contributed by atoms with Gasteiger partial charge in [-0.1, -0.05) is 30.3 Å². The minimum atomic E-state index is 0.135. The highest BCUT2D eigenvalue weighted by molar-refractivity contribution is 5.75. The summed E-state index contributed by atoms with van der Waals surface area (Å²) in [5.74, 6) is 0.135. The summed E-state index contributed by atoms with van der Waals surface area (Å²) in [5, 5.41) is 0. The van der Waals surface area contributed by atoms with Crippen LogP contribution in [-0.4, -0.2) is 30.9 Å². The van der Waals surface area contributed by atoms with Crippen molar-refractivity contribution in [2.75, 3.05) is 20.1 Å². The van der Waals surface area contributed by atoms with E-state index in [0.717, 1.165) is 19.4 Å². The second-order valence-corrected chi connectivity index (χ2v) is 3.94. The van der Waals surface area contributed by atoms with Crippen molar-refractivity contribution in [3.63, 3.8) is 0 Å². The van der Waals surface area contributed by atoms with Crippen molar-refractivity contribution in [2.24, 2.45) is 5.73 Å². The monoisotopic (exact) mass is 220 g/mol. The topological polar surface area (TPSA) is 46.3 Å². The van der Waals surface area contributed by atoms with E-state index in [1.54, 1.807) is 4.90 Å². The quantitative estimate of drug-likeness (QED) is 0.788. The molecule has 0 radical (unpaired) electrons. The minimum absolute atomic E-state index is 0.135. The first-order chi connectivity index (χ1) is 7.74. The van der Waals surface area contributed by atoms with Crippen LogP contribution < -0.4 is 5.73 Å². The van der Waals surface area contributed by atoms with Gasteiger partial charge in [0.2, 0.25) is 5.91 Å². The number of carbonyl (C=O) groups is 1. The molecule has 3 heteroatoms. The Morgan fingerprint density at radius 2 is 2.00 bits per heavy atom. The lowest BCUT2D eigenvalue weighted by Gasteiger charge is -2.16. The fourth-order valence-corrected chi connectivity index (χ4v) is 1.60. The molecule has 0 spiro atoms. The maximum absolute atomic E-state index is 11.4. The molecule has 0 aliphatic heterocycles. The number of carbonyl (C=O) groups excluding carboxylic acids is 1. The van der Waals surface area contributed by atoms with Crippen molar-refractivity contribution in [2.45, 2.75) is 19.3 Å². The molecule has 1 aromatic rings. The highest BCUT2D eigenvalue weighted by Gasteiger charge is 2.06. The van der Waals surface area contributed by atoms with Gasteiger partial charge in [-0.2, -0.15) is 0 Å². The summed E-state index contributed by atoms with van der Waals surface area (Å²) in [7, 11) is 1.84. The second kappa shape index (κ2) is 7.01. The first kappa shape index (κ1) is 12.7. The van der Waals surface area contributed by atoms with Gasteiger partial charge in [0.15, 0.2) is 0 Å². The Labute approximate surface area is 97.2 Å². The smallest absolute Gasteiger partial charge is 0.223 e. The summed E-state index contributed by atoms with van der Waals surface area (Å²) >= 11 is 0. The predicted octanol–water partition coefficient (Wildman–Crippen LogP) is 1.43. The van der Waals surface area contributed by atoms with Gasteiger partial charge in [0.25, 0.3) is 0 Å². The SMILES string of the molecule is CN(CCCc1ccccc1)C(=O)CCN. The highest BCUT2D eigenvalue weighted by Crippen LogP contribution is 2.03. The molecule has 0 heterocycles. The van der Waals surface area contributed by atoms with Crippen LogP contribution in [0.25, 0.3) is 0 Å². The molecule has 1 rings (SSSR count). The van der Waals surface area contributed by atoms with Crippen LogP contribution in [0.4, 0.5) is 0 Å². The van der Waals surface area contributed by atoms with Crippen molar-refractivity contribution in [3.05, 3.63) is 35.9 Å². The van der Waals surface area contributed by atoms with Crippen LogP contribution in [0.5, 0.6) is 0 Å². The molecule has 0 bridgehead atoms. The normalized spacial score (nSPS) is 10.1. The second-order valence-electron chi connectivity index (χ2n) is 3.94. The molecule has 0 saturated heterocycles. The van der Waals surface area contributed by atoms with Gasteiger partial charge in [0, 0.05) is 26.6 Å². The number of hydrogen-bond acceptors (Lipinski definition) is 2. The van der Waals surface area contributed by atoms with Gasteiger partial charge in [0.05, 0.1) is 0 Å². The van der Waals surface area contributed by atoms with Gasteiger partial charge in [-0.05, 0) is 18.4 Å². The Morgan fingerprint density at radius 1 is 1.31 bits per heavy atom. The third-order valence-corrected chi connectivity index (χ3v) is 2.59. The largest absolute Gasteiger partial charge is 0.346 e. The van der Waals surface area contributed by atoms with Crippen LogP contribution in [0.3, 0.4) is 0 Å². The molecule has 0 atom stereocenters. The molecule has 0 fully saturated rings. The van der Waals surface area contributed by atoms with Crippen molar-refractivity contribution in [3.8, 4) is 0 Å². The number of benzene rings is 1. The predicted molar refractivity (Wildman–Crippen MR) is 66.1 cm³/mol.